The third-order valence-electron chi connectivity index (χ3n) is 4.64. The molecule has 2 amide bonds. The molecule has 3 aromatic carbocycles. The molecule has 6 heteroatoms. The molecule has 160 valence electrons. The monoisotopic (exact) mass is 418 g/mol. The molecule has 0 aliphatic heterocycles. The summed E-state index contributed by atoms with van der Waals surface area (Å²) in [5, 5.41) is 15.0. The maximum absolute atomic E-state index is 12.1. The van der Waals surface area contributed by atoms with Crippen LogP contribution in [-0.4, -0.2) is 36.6 Å². The molecule has 3 rings (SSSR count). The smallest absolute Gasteiger partial charge is 0.257 e. The number of benzene rings is 3. The van der Waals surface area contributed by atoms with Crippen molar-refractivity contribution in [2.75, 3.05) is 19.7 Å². The second-order valence-corrected chi connectivity index (χ2v) is 7.07. The third kappa shape index (κ3) is 7.19. The van der Waals surface area contributed by atoms with Crippen LogP contribution in [0.3, 0.4) is 0 Å². The fraction of sp³-hybridized carbons (Fsp3) is 0.200. The van der Waals surface area contributed by atoms with Gasteiger partial charge in [0.2, 0.25) is 0 Å². The highest BCUT2D eigenvalue weighted by molar-refractivity contribution is 5.94. The molecule has 0 fully saturated rings. The third-order valence-corrected chi connectivity index (χ3v) is 4.64. The van der Waals surface area contributed by atoms with Crippen molar-refractivity contribution in [3.05, 3.63) is 95.6 Å². The fourth-order valence-corrected chi connectivity index (χ4v) is 3.07. The zero-order valence-electron chi connectivity index (χ0n) is 17.2. The second kappa shape index (κ2) is 11.4. The van der Waals surface area contributed by atoms with Crippen LogP contribution in [0, 0.1) is 0 Å². The minimum absolute atomic E-state index is 0.0465. The maximum Gasteiger partial charge on any atom is 0.257 e. The Kier molecular flexibility index (Phi) is 8.05. The number of phenolic OH excluding ortho intramolecular Hbond substituents is 1. The predicted molar refractivity (Wildman–Crippen MR) is 119 cm³/mol. The van der Waals surface area contributed by atoms with Gasteiger partial charge >= 0.3 is 0 Å². The summed E-state index contributed by atoms with van der Waals surface area (Å²) in [5.74, 6) is 0.263. The lowest BCUT2D eigenvalue weighted by Crippen LogP contribution is -2.32. The summed E-state index contributed by atoms with van der Waals surface area (Å²) in [4.78, 5) is 24.1. The van der Waals surface area contributed by atoms with Crippen molar-refractivity contribution in [3.63, 3.8) is 0 Å². The molecule has 0 bridgehead atoms. The Morgan fingerprint density at radius 1 is 0.839 bits per heavy atom. The van der Waals surface area contributed by atoms with Crippen LogP contribution >= 0.6 is 0 Å². The van der Waals surface area contributed by atoms with Crippen LogP contribution < -0.4 is 15.4 Å². The van der Waals surface area contributed by atoms with Crippen LogP contribution in [0.2, 0.25) is 0 Å². The van der Waals surface area contributed by atoms with Crippen LogP contribution in [0.25, 0.3) is 0 Å². The molecule has 0 aliphatic rings. The van der Waals surface area contributed by atoms with Crippen molar-refractivity contribution >= 4 is 11.8 Å². The van der Waals surface area contributed by atoms with Gasteiger partial charge in [-0.2, -0.15) is 0 Å². The van der Waals surface area contributed by atoms with E-state index in [2.05, 4.69) is 22.8 Å². The number of rotatable bonds is 10. The Bertz CT molecular complexity index is 1010. The van der Waals surface area contributed by atoms with E-state index in [0.29, 0.717) is 30.8 Å². The number of phenols is 1. The molecule has 31 heavy (non-hydrogen) atoms. The van der Waals surface area contributed by atoms with E-state index >= 15 is 0 Å². The maximum atomic E-state index is 12.1. The van der Waals surface area contributed by atoms with Crippen LogP contribution in [0.15, 0.2) is 78.9 Å². The van der Waals surface area contributed by atoms with Gasteiger partial charge in [0.15, 0.2) is 6.61 Å². The summed E-state index contributed by atoms with van der Waals surface area (Å²) in [7, 11) is 0. The minimum Gasteiger partial charge on any atom is -0.508 e. The largest absolute Gasteiger partial charge is 0.508 e. The molecule has 6 nitrogen and oxygen atoms in total. The highest BCUT2D eigenvalue weighted by Crippen LogP contribution is 2.21. The van der Waals surface area contributed by atoms with Crippen LogP contribution in [0.1, 0.15) is 27.9 Å². The highest BCUT2D eigenvalue weighted by Gasteiger charge is 2.08. The van der Waals surface area contributed by atoms with E-state index in [1.165, 1.54) is 17.7 Å². The van der Waals surface area contributed by atoms with Gasteiger partial charge in [0.25, 0.3) is 11.8 Å². The number of hydrogen-bond donors (Lipinski definition) is 3. The molecule has 0 aliphatic carbocycles. The molecule has 0 unspecified atom stereocenters. The van der Waals surface area contributed by atoms with E-state index in [1.807, 2.05) is 42.5 Å². The lowest BCUT2D eigenvalue weighted by molar-refractivity contribution is -0.123. The number of amides is 2. The summed E-state index contributed by atoms with van der Waals surface area (Å²) in [5.41, 5.74) is 2.60. The van der Waals surface area contributed by atoms with Crippen molar-refractivity contribution in [1.29, 1.82) is 0 Å². The Labute approximate surface area is 181 Å². The number of carbonyl (C=O) groups is 2. The Hall–Kier alpha value is -3.80. The molecule has 0 saturated carbocycles. The highest BCUT2D eigenvalue weighted by atomic mass is 16.5. The topological polar surface area (TPSA) is 87.7 Å². The van der Waals surface area contributed by atoms with Crippen LogP contribution in [0.5, 0.6) is 11.5 Å². The van der Waals surface area contributed by atoms with Gasteiger partial charge in [-0.25, -0.2) is 0 Å². The molecule has 0 saturated heterocycles. The Morgan fingerprint density at radius 3 is 2.39 bits per heavy atom. The summed E-state index contributed by atoms with van der Waals surface area (Å²) >= 11 is 0. The van der Waals surface area contributed by atoms with Gasteiger partial charge in [0.1, 0.15) is 11.5 Å². The van der Waals surface area contributed by atoms with E-state index in [0.717, 1.165) is 12.0 Å². The zero-order chi connectivity index (χ0) is 21.9. The van der Waals surface area contributed by atoms with Gasteiger partial charge in [-0.1, -0.05) is 54.6 Å². The molecule has 0 heterocycles. The first-order valence-corrected chi connectivity index (χ1v) is 10.2. The van der Waals surface area contributed by atoms with E-state index in [9.17, 15) is 14.7 Å². The summed E-state index contributed by atoms with van der Waals surface area (Å²) < 4.78 is 5.73. The average molecular weight is 418 g/mol. The number of carbonyl (C=O) groups excluding carboxylic acids is 2. The number of nitrogens with one attached hydrogen (secondary N) is 2. The standard InChI is InChI=1S/C25H26N2O4/c28-22-12-6-11-21(17-22)25(30)27-15-7-14-26-24(29)18-31-23-13-5-4-10-20(23)16-19-8-2-1-3-9-19/h1-6,8-13,17,28H,7,14-16,18H2,(H,26,29)(H,27,30). The van der Waals surface area contributed by atoms with Gasteiger partial charge in [-0.15, -0.1) is 0 Å². The molecule has 0 radical (unpaired) electrons. The molecule has 3 N–H and O–H groups in total. The first-order valence-electron chi connectivity index (χ1n) is 10.2. The Balaban J connectivity index is 1.37. The zero-order valence-corrected chi connectivity index (χ0v) is 17.2. The minimum atomic E-state index is -0.263. The van der Waals surface area contributed by atoms with Crippen molar-refractivity contribution < 1.29 is 19.4 Å². The van der Waals surface area contributed by atoms with Gasteiger partial charge in [-0.05, 0) is 41.8 Å². The number of aromatic hydroxyl groups is 1. The fourth-order valence-electron chi connectivity index (χ4n) is 3.07. The molecule has 0 atom stereocenters. The SMILES string of the molecule is O=C(COc1ccccc1Cc1ccccc1)NCCCNC(=O)c1cccc(O)c1. The van der Waals surface area contributed by atoms with Crippen molar-refractivity contribution in [3.8, 4) is 11.5 Å². The van der Waals surface area contributed by atoms with E-state index in [-0.39, 0.29) is 24.2 Å². The number of hydrogen-bond acceptors (Lipinski definition) is 4. The van der Waals surface area contributed by atoms with Gasteiger partial charge in [-0.3, -0.25) is 9.59 Å². The molecule has 0 spiro atoms. The first kappa shape index (κ1) is 21.9. The van der Waals surface area contributed by atoms with E-state index in [4.69, 9.17) is 4.74 Å². The normalized spacial score (nSPS) is 10.3. The molecular formula is C25H26N2O4. The van der Waals surface area contributed by atoms with Crippen LogP contribution in [-0.2, 0) is 11.2 Å². The van der Waals surface area contributed by atoms with E-state index < -0.39 is 0 Å². The predicted octanol–water partition coefficient (Wildman–Crippen LogP) is 3.30. The lowest BCUT2D eigenvalue weighted by Gasteiger charge is -2.12. The van der Waals surface area contributed by atoms with Crippen molar-refractivity contribution in [2.45, 2.75) is 12.8 Å². The van der Waals surface area contributed by atoms with Crippen molar-refractivity contribution in [1.82, 2.24) is 10.6 Å². The summed E-state index contributed by atoms with van der Waals surface area (Å²) in [6.07, 6.45) is 1.32. The molecule has 0 aromatic heterocycles. The summed E-state index contributed by atoms with van der Waals surface area (Å²) in [6, 6.07) is 24.0. The van der Waals surface area contributed by atoms with Gasteiger partial charge in [0.05, 0.1) is 0 Å². The first-order chi connectivity index (χ1) is 15.1. The summed E-state index contributed by atoms with van der Waals surface area (Å²) in [6.45, 7) is 0.769. The van der Waals surface area contributed by atoms with Gasteiger partial charge < -0.3 is 20.5 Å². The van der Waals surface area contributed by atoms with E-state index in [1.54, 1.807) is 12.1 Å². The van der Waals surface area contributed by atoms with Crippen molar-refractivity contribution in [2.24, 2.45) is 0 Å². The van der Waals surface area contributed by atoms with Gasteiger partial charge in [0, 0.05) is 25.1 Å². The average Bonchev–Trinajstić information content (AvgIpc) is 2.79. The second-order valence-electron chi connectivity index (χ2n) is 7.07. The Morgan fingerprint density at radius 2 is 1.58 bits per heavy atom. The lowest BCUT2D eigenvalue weighted by atomic mass is 10.0. The number of para-hydroxylation sites is 1. The molecule has 3 aromatic rings. The quantitative estimate of drug-likeness (QED) is 0.441. The number of ether oxygens (including phenoxy) is 1. The van der Waals surface area contributed by atoms with Crippen LogP contribution in [0.4, 0.5) is 0 Å². The molecular weight excluding hydrogens is 392 g/mol.